The Morgan fingerprint density at radius 2 is 2.04 bits per heavy atom. The number of thiazole rings is 2. The number of hydrogen-bond acceptors (Lipinski definition) is 7. The molecule has 2 heterocycles. The molecule has 5 N–H and O–H groups in total. The van der Waals surface area contributed by atoms with Gasteiger partial charge in [0.05, 0.1) is 16.3 Å². The number of nitrogen functional groups attached to an aromatic ring is 1. The van der Waals surface area contributed by atoms with Gasteiger partial charge in [-0.2, -0.15) is 0 Å². The average Bonchev–Trinajstić information content (AvgIpc) is 3.07. The highest BCUT2D eigenvalue weighted by atomic mass is 32.1. The van der Waals surface area contributed by atoms with E-state index >= 15 is 0 Å². The monoisotopic (exact) mass is 345 g/mol. The molecule has 0 saturated heterocycles. The highest BCUT2D eigenvalue weighted by Gasteiger charge is 2.13. The Hall–Kier alpha value is -2.45. The van der Waals surface area contributed by atoms with Crippen molar-refractivity contribution in [3.8, 4) is 10.6 Å². The van der Waals surface area contributed by atoms with E-state index in [2.05, 4.69) is 15.3 Å². The summed E-state index contributed by atoms with van der Waals surface area (Å²) in [6.07, 6.45) is 0. The van der Waals surface area contributed by atoms with E-state index in [-0.39, 0.29) is 0 Å². The SMILES string of the molecule is Cc1ccc(C(N)=O)cc1Nc1nc(-c2sc(N)nc2C)cs1. The summed E-state index contributed by atoms with van der Waals surface area (Å²) in [5.74, 6) is -0.455. The van der Waals surface area contributed by atoms with E-state index in [9.17, 15) is 4.79 Å². The van der Waals surface area contributed by atoms with Crippen molar-refractivity contribution < 1.29 is 4.79 Å². The van der Waals surface area contributed by atoms with Crippen molar-refractivity contribution in [1.82, 2.24) is 9.97 Å². The van der Waals surface area contributed by atoms with Gasteiger partial charge in [0.25, 0.3) is 0 Å². The average molecular weight is 345 g/mol. The van der Waals surface area contributed by atoms with Crippen LogP contribution in [0.15, 0.2) is 23.6 Å². The number of nitrogens with one attached hydrogen (secondary N) is 1. The third kappa shape index (κ3) is 3.17. The first-order valence-corrected chi connectivity index (χ1v) is 8.50. The summed E-state index contributed by atoms with van der Waals surface area (Å²) in [7, 11) is 0. The molecule has 2 aromatic heterocycles. The Kier molecular flexibility index (Phi) is 4.01. The fourth-order valence-corrected chi connectivity index (χ4v) is 3.70. The Morgan fingerprint density at radius 3 is 2.70 bits per heavy atom. The zero-order valence-electron chi connectivity index (χ0n) is 12.6. The summed E-state index contributed by atoms with van der Waals surface area (Å²) < 4.78 is 0. The summed E-state index contributed by atoms with van der Waals surface area (Å²) in [6.45, 7) is 3.87. The second-order valence-electron chi connectivity index (χ2n) is 5.02. The predicted octanol–water partition coefficient (Wildman–Crippen LogP) is 3.31. The lowest BCUT2D eigenvalue weighted by atomic mass is 10.1. The number of aryl methyl sites for hydroxylation is 2. The summed E-state index contributed by atoms with van der Waals surface area (Å²) in [5, 5.41) is 6.46. The number of carbonyl (C=O) groups excluding carboxylic acids is 1. The van der Waals surface area contributed by atoms with Gasteiger partial charge in [-0.15, -0.1) is 11.3 Å². The molecule has 0 aliphatic heterocycles. The number of aromatic nitrogens is 2. The molecule has 0 radical (unpaired) electrons. The summed E-state index contributed by atoms with van der Waals surface area (Å²) in [5.41, 5.74) is 15.0. The minimum Gasteiger partial charge on any atom is -0.375 e. The molecular weight excluding hydrogens is 330 g/mol. The van der Waals surface area contributed by atoms with Crippen molar-refractivity contribution in [1.29, 1.82) is 0 Å². The Labute approximate surface area is 141 Å². The molecule has 118 valence electrons. The van der Waals surface area contributed by atoms with E-state index in [0.29, 0.717) is 10.7 Å². The number of nitrogens with two attached hydrogens (primary N) is 2. The molecule has 6 nitrogen and oxygen atoms in total. The van der Waals surface area contributed by atoms with Crippen LogP contribution in [0.1, 0.15) is 21.6 Å². The molecule has 3 rings (SSSR count). The lowest BCUT2D eigenvalue weighted by molar-refractivity contribution is 0.100. The van der Waals surface area contributed by atoms with Gasteiger partial charge in [-0.1, -0.05) is 17.4 Å². The molecule has 0 unspecified atom stereocenters. The van der Waals surface area contributed by atoms with Gasteiger partial charge in [-0.05, 0) is 31.5 Å². The van der Waals surface area contributed by atoms with Gasteiger partial charge in [0.15, 0.2) is 10.3 Å². The maximum absolute atomic E-state index is 11.3. The molecule has 1 aromatic carbocycles. The fraction of sp³-hybridized carbons (Fsp3) is 0.133. The summed E-state index contributed by atoms with van der Waals surface area (Å²) >= 11 is 2.90. The van der Waals surface area contributed by atoms with Gasteiger partial charge in [0.2, 0.25) is 5.91 Å². The topological polar surface area (TPSA) is 107 Å². The van der Waals surface area contributed by atoms with Gasteiger partial charge < -0.3 is 16.8 Å². The number of anilines is 3. The number of primary amides is 1. The fourth-order valence-electron chi connectivity index (χ4n) is 2.12. The second kappa shape index (κ2) is 5.98. The molecule has 0 aliphatic carbocycles. The molecule has 0 fully saturated rings. The molecule has 8 heteroatoms. The summed E-state index contributed by atoms with van der Waals surface area (Å²) in [6, 6.07) is 5.29. The van der Waals surface area contributed by atoms with E-state index < -0.39 is 5.91 Å². The first kappa shape index (κ1) is 15.4. The van der Waals surface area contributed by atoms with Crippen molar-refractivity contribution in [3.05, 3.63) is 40.4 Å². The first-order valence-electron chi connectivity index (χ1n) is 6.80. The molecule has 0 aliphatic rings. The van der Waals surface area contributed by atoms with Crippen LogP contribution < -0.4 is 16.8 Å². The number of nitrogens with zero attached hydrogens (tertiary/aromatic N) is 2. The minimum atomic E-state index is -0.455. The van der Waals surface area contributed by atoms with Crippen LogP contribution in [0.2, 0.25) is 0 Å². The van der Waals surface area contributed by atoms with Crippen LogP contribution in [0.5, 0.6) is 0 Å². The van der Waals surface area contributed by atoms with Crippen molar-refractivity contribution in [2.24, 2.45) is 5.73 Å². The number of benzene rings is 1. The summed E-state index contributed by atoms with van der Waals surface area (Å²) in [4.78, 5) is 21.1. The van der Waals surface area contributed by atoms with Crippen LogP contribution in [0.3, 0.4) is 0 Å². The molecule has 0 bridgehead atoms. The van der Waals surface area contributed by atoms with Gasteiger partial charge in [0.1, 0.15) is 0 Å². The lowest BCUT2D eigenvalue weighted by Gasteiger charge is -2.08. The van der Waals surface area contributed by atoms with Crippen LogP contribution >= 0.6 is 22.7 Å². The van der Waals surface area contributed by atoms with Crippen LogP contribution in [0.4, 0.5) is 16.0 Å². The molecule has 1 amide bonds. The molecule has 0 saturated carbocycles. The zero-order valence-corrected chi connectivity index (χ0v) is 14.2. The third-order valence-corrected chi connectivity index (χ3v) is 5.08. The Morgan fingerprint density at radius 1 is 1.26 bits per heavy atom. The van der Waals surface area contributed by atoms with Gasteiger partial charge in [0, 0.05) is 16.6 Å². The smallest absolute Gasteiger partial charge is 0.248 e. The first-order chi connectivity index (χ1) is 10.9. The van der Waals surface area contributed by atoms with Crippen LogP contribution in [0, 0.1) is 13.8 Å². The lowest BCUT2D eigenvalue weighted by Crippen LogP contribution is -2.11. The standard InChI is InChI=1S/C15H15N5OS2/c1-7-3-4-9(13(16)21)5-10(7)19-15-20-11(6-22-15)12-8(2)18-14(17)23-12/h3-6H,1-2H3,(H2,16,21)(H2,17,18)(H,19,20). The van der Waals surface area contributed by atoms with Gasteiger partial charge in [-0.3, -0.25) is 4.79 Å². The van der Waals surface area contributed by atoms with Crippen LogP contribution in [0.25, 0.3) is 10.6 Å². The van der Waals surface area contributed by atoms with E-state index in [1.54, 1.807) is 12.1 Å². The molecule has 0 spiro atoms. The highest BCUT2D eigenvalue weighted by molar-refractivity contribution is 7.19. The number of rotatable bonds is 4. The third-order valence-electron chi connectivity index (χ3n) is 3.31. The van der Waals surface area contributed by atoms with E-state index in [1.165, 1.54) is 22.7 Å². The van der Waals surface area contributed by atoms with Gasteiger partial charge >= 0.3 is 0 Å². The minimum absolute atomic E-state index is 0.455. The van der Waals surface area contributed by atoms with E-state index in [4.69, 9.17) is 11.5 Å². The number of hydrogen-bond donors (Lipinski definition) is 3. The van der Waals surface area contributed by atoms with Gasteiger partial charge in [-0.25, -0.2) is 9.97 Å². The van der Waals surface area contributed by atoms with Crippen LogP contribution in [-0.4, -0.2) is 15.9 Å². The van der Waals surface area contributed by atoms with E-state index in [0.717, 1.165) is 32.6 Å². The largest absolute Gasteiger partial charge is 0.375 e. The van der Waals surface area contributed by atoms with Crippen molar-refractivity contribution in [2.75, 3.05) is 11.1 Å². The zero-order chi connectivity index (χ0) is 16.6. The van der Waals surface area contributed by atoms with Crippen LogP contribution in [-0.2, 0) is 0 Å². The number of amides is 1. The molecule has 3 aromatic rings. The Balaban J connectivity index is 1.89. The molecular formula is C15H15N5OS2. The molecule has 0 atom stereocenters. The highest BCUT2D eigenvalue weighted by Crippen LogP contribution is 2.34. The quantitative estimate of drug-likeness (QED) is 0.672. The number of carbonyl (C=O) groups is 1. The predicted molar refractivity (Wildman–Crippen MR) is 95.4 cm³/mol. The molecule has 23 heavy (non-hydrogen) atoms. The van der Waals surface area contributed by atoms with Crippen molar-refractivity contribution in [3.63, 3.8) is 0 Å². The van der Waals surface area contributed by atoms with Crippen molar-refractivity contribution in [2.45, 2.75) is 13.8 Å². The van der Waals surface area contributed by atoms with E-state index in [1.807, 2.05) is 25.3 Å². The maximum atomic E-state index is 11.3. The van der Waals surface area contributed by atoms with Crippen molar-refractivity contribution >= 4 is 44.5 Å². The maximum Gasteiger partial charge on any atom is 0.248 e. The Bertz CT molecular complexity index is 884. The normalized spacial score (nSPS) is 10.7. The second-order valence-corrected chi connectivity index (χ2v) is 6.91.